The summed E-state index contributed by atoms with van der Waals surface area (Å²) < 4.78 is 4.66. The van der Waals surface area contributed by atoms with Crippen molar-refractivity contribution in [2.45, 2.75) is 6.92 Å². The van der Waals surface area contributed by atoms with Crippen LogP contribution >= 0.6 is 0 Å². The second-order valence-electron chi connectivity index (χ2n) is 4.83. The van der Waals surface area contributed by atoms with Gasteiger partial charge in [0, 0.05) is 11.8 Å². The number of hydrogen-bond donors (Lipinski definition) is 1. The molecule has 21 heavy (non-hydrogen) atoms. The molecular formula is C17H13NO3. The van der Waals surface area contributed by atoms with E-state index >= 15 is 0 Å². The number of benzene rings is 2. The quantitative estimate of drug-likeness (QED) is 0.495. The van der Waals surface area contributed by atoms with E-state index in [0.717, 1.165) is 16.7 Å². The second-order valence-corrected chi connectivity index (χ2v) is 4.83. The smallest absolute Gasteiger partial charge is 0.348 e. The van der Waals surface area contributed by atoms with E-state index in [9.17, 15) is 9.59 Å². The highest BCUT2D eigenvalue weighted by Gasteiger charge is 2.29. The normalized spacial score (nSPS) is 15.8. The van der Waals surface area contributed by atoms with Crippen molar-refractivity contribution in [3.8, 4) is 11.1 Å². The Morgan fingerprint density at radius 2 is 1.71 bits per heavy atom. The highest BCUT2D eigenvalue weighted by molar-refractivity contribution is 6.26. The van der Waals surface area contributed by atoms with E-state index in [1.165, 1.54) is 6.20 Å². The molecule has 2 aromatic carbocycles. The first-order valence-electron chi connectivity index (χ1n) is 6.50. The number of hydrogen-bond acceptors (Lipinski definition) is 4. The number of aryl methyl sites for hydroxylation is 1. The molecule has 2 aromatic rings. The Morgan fingerprint density at radius 3 is 2.43 bits per heavy atom. The molecule has 104 valence electrons. The van der Waals surface area contributed by atoms with Gasteiger partial charge in [0.25, 0.3) is 0 Å². The number of fused-ring (bicyclic) bond motifs is 1. The van der Waals surface area contributed by atoms with E-state index in [4.69, 9.17) is 5.73 Å². The first kappa shape index (κ1) is 13.1. The molecule has 0 spiro atoms. The molecule has 0 aromatic heterocycles. The van der Waals surface area contributed by atoms with Gasteiger partial charge in [-0.2, -0.15) is 0 Å². The summed E-state index contributed by atoms with van der Waals surface area (Å²) in [6.07, 6.45) is 1.18. The summed E-state index contributed by atoms with van der Waals surface area (Å²) in [6, 6.07) is 13.2. The van der Waals surface area contributed by atoms with Crippen LogP contribution in [0.1, 0.15) is 21.5 Å². The number of cyclic esters (lactones) is 2. The lowest BCUT2D eigenvalue weighted by molar-refractivity contribution is -0.131. The summed E-state index contributed by atoms with van der Waals surface area (Å²) in [5, 5.41) is 0. The molecular weight excluding hydrogens is 266 g/mol. The molecule has 3 rings (SSSR count). The summed E-state index contributed by atoms with van der Waals surface area (Å²) in [6.45, 7) is 2.01. The first-order chi connectivity index (χ1) is 10.1. The van der Waals surface area contributed by atoms with Crippen molar-refractivity contribution < 1.29 is 14.3 Å². The molecule has 1 heterocycles. The Balaban J connectivity index is 2.22. The first-order valence-corrected chi connectivity index (χ1v) is 6.50. The van der Waals surface area contributed by atoms with Gasteiger partial charge < -0.3 is 10.5 Å². The van der Waals surface area contributed by atoms with Crippen molar-refractivity contribution in [2.75, 3.05) is 0 Å². The molecule has 0 radical (unpaired) electrons. The summed E-state index contributed by atoms with van der Waals surface area (Å²) in [7, 11) is 0. The zero-order valence-corrected chi connectivity index (χ0v) is 11.4. The topological polar surface area (TPSA) is 69.4 Å². The number of carbonyl (C=O) groups is 2. The molecule has 4 heteroatoms. The summed E-state index contributed by atoms with van der Waals surface area (Å²) in [5.41, 5.74) is 9.65. The molecule has 1 aliphatic rings. The van der Waals surface area contributed by atoms with E-state index in [2.05, 4.69) is 4.74 Å². The van der Waals surface area contributed by atoms with Crippen LogP contribution in [0.25, 0.3) is 16.7 Å². The van der Waals surface area contributed by atoms with Crippen molar-refractivity contribution in [3.63, 3.8) is 0 Å². The largest absolute Gasteiger partial charge is 0.404 e. The third kappa shape index (κ3) is 2.10. The Bertz CT molecular complexity index is 790. The predicted octanol–water partition coefficient (Wildman–Crippen LogP) is 2.66. The van der Waals surface area contributed by atoms with Crippen LogP contribution in [0.15, 0.2) is 48.7 Å². The van der Waals surface area contributed by atoms with Crippen molar-refractivity contribution in [1.29, 1.82) is 0 Å². The van der Waals surface area contributed by atoms with Crippen LogP contribution in [0.3, 0.4) is 0 Å². The molecule has 0 aliphatic carbocycles. The van der Waals surface area contributed by atoms with Gasteiger partial charge in [-0.25, -0.2) is 9.59 Å². The molecule has 0 fully saturated rings. The number of esters is 2. The number of carbonyl (C=O) groups excluding carboxylic acids is 2. The monoisotopic (exact) mass is 279 g/mol. The zero-order valence-electron chi connectivity index (χ0n) is 11.4. The van der Waals surface area contributed by atoms with E-state index in [0.29, 0.717) is 11.1 Å². The van der Waals surface area contributed by atoms with Crippen LogP contribution in [-0.4, -0.2) is 11.9 Å². The van der Waals surface area contributed by atoms with Crippen LogP contribution in [-0.2, 0) is 9.53 Å². The lowest BCUT2D eigenvalue weighted by Gasteiger charge is -2.18. The summed E-state index contributed by atoms with van der Waals surface area (Å²) in [5.74, 6) is -1.35. The van der Waals surface area contributed by atoms with Gasteiger partial charge in [-0.3, -0.25) is 0 Å². The van der Waals surface area contributed by atoms with Crippen LogP contribution < -0.4 is 5.73 Å². The molecule has 1 aliphatic heterocycles. The van der Waals surface area contributed by atoms with Gasteiger partial charge in [0.15, 0.2) is 0 Å². The van der Waals surface area contributed by atoms with E-state index in [1.54, 1.807) is 12.1 Å². The maximum atomic E-state index is 11.8. The highest BCUT2D eigenvalue weighted by atomic mass is 16.6. The molecule has 0 atom stereocenters. The molecule has 2 N–H and O–H groups in total. The fourth-order valence-corrected chi connectivity index (χ4v) is 2.47. The zero-order chi connectivity index (χ0) is 15.0. The summed E-state index contributed by atoms with van der Waals surface area (Å²) in [4.78, 5) is 23.5. The van der Waals surface area contributed by atoms with Crippen LogP contribution in [0, 0.1) is 6.92 Å². The maximum absolute atomic E-state index is 11.8. The van der Waals surface area contributed by atoms with Crippen molar-refractivity contribution in [2.24, 2.45) is 5.73 Å². The van der Waals surface area contributed by atoms with Gasteiger partial charge in [0.2, 0.25) is 0 Å². The summed E-state index contributed by atoms with van der Waals surface area (Å²) >= 11 is 0. The van der Waals surface area contributed by atoms with Gasteiger partial charge in [0.05, 0.1) is 11.1 Å². The van der Waals surface area contributed by atoms with E-state index in [-0.39, 0.29) is 5.57 Å². The van der Waals surface area contributed by atoms with Gasteiger partial charge in [-0.15, -0.1) is 0 Å². The molecule has 4 nitrogen and oxygen atoms in total. The standard InChI is InChI=1S/C17H13NO3/c1-10-4-2-3-5-12(10)11-6-7-13-14(8-11)15(9-18)17(20)21-16(13)19/h2-9H,18H2,1H3. The van der Waals surface area contributed by atoms with Gasteiger partial charge in [-0.1, -0.05) is 30.3 Å². The Hall–Kier alpha value is -2.88. The van der Waals surface area contributed by atoms with Gasteiger partial charge >= 0.3 is 11.9 Å². The minimum absolute atomic E-state index is 0.208. The Labute approximate surface area is 121 Å². The molecule has 0 amide bonds. The third-order valence-electron chi connectivity index (χ3n) is 3.56. The average molecular weight is 279 g/mol. The van der Waals surface area contributed by atoms with Crippen LogP contribution in [0.4, 0.5) is 0 Å². The molecule has 0 saturated heterocycles. The maximum Gasteiger partial charge on any atom is 0.348 e. The number of nitrogens with two attached hydrogens (primary N) is 1. The average Bonchev–Trinajstić information content (AvgIpc) is 2.47. The predicted molar refractivity (Wildman–Crippen MR) is 79.2 cm³/mol. The lowest BCUT2D eigenvalue weighted by atomic mass is 9.92. The fraction of sp³-hybridized carbons (Fsp3) is 0.0588. The van der Waals surface area contributed by atoms with Crippen molar-refractivity contribution >= 4 is 17.5 Å². The van der Waals surface area contributed by atoms with Crippen molar-refractivity contribution in [3.05, 3.63) is 65.4 Å². The SMILES string of the molecule is Cc1ccccc1-c1ccc2c(c1)C(=CN)C(=O)OC2=O. The number of ether oxygens (including phenoxy) is 1. The molecule has 0 unspecified atom stereocenters. The Morgan fingerprint density at radius 1 is 0.952 bits per heavy atom. The van der Waals surface area contributed by atoms with Crippen molar-refractivity contribution in [1.82, 2.24) is 0 Å². The molecule has 0 saturated carbocycles. The molecule has 0 bridgehead atoms. The van der Waals surface area contributed by atoms with Gasteiger partial charge in [0.1, 0.15) is 0 Å². The Kier molecular flexibility index (Phi) is 3.06. The minimum atomic E-state index is -0.711. The van der Waals surface area contributed by atoms with E-state index in [1.807, 2.05) is 37.3 Å². The number of rotatable bonds is 1. The van der Waals surface area contributed by atoms with E-state index < -0.39 is 11.9 Å². The lowest BCUT2D eigenvalue weighted by Crippen LogP contribution is -2.22. The highest BCUT2D eigenvalue weighted by Crippen LogP contribution is 2.32. The van der Waals surface area contributed by atoms with Crippen LogP contribution in [0.2, 0.25) is 0 Å². The van der Waals surface area contributed by atoms with Crippen LogP contribution in [0.5, 0.6) is 0 Å². The van der Waals surface area contributed by atoms with Gasteiger partial charge in [-0.05, 0) is 35.7 Å². The third-order valence-corrected chi connectivity index (χ3v) is 3.56. The second kappa shape index (κ2) is 4.90. The minimum Gasteiger partial charge on any atom is -0.404 e. The fourth-order valence-electron chi connectivity index (χ4n) is 2.47.